The molecule has 166 valence electrons. The Hall–Kier alpha value is -2.60. The second-order valence-electron chi connectivity index (χ2n) is 8.68. The van der Waals surface area contributed by atoms with Crippen molar-refractivity contribution < 1.29 is 9.53 Å². The number of methoxy groups -OCH3 is 1. The first-order chi connectivity index (χ1) is 15.2. The number of nitrogens with zero attached hydrogens (tertiary/aromatic N) is 3. The Balaban J connectivity index is 1.33. The molecule has 2 saturated heterocycles. The van der Waals surface area contributed by atoms with Crippen molar-refractivity contribution in [1.82, 2.24) is 9.88 Å². The lowest BCUT2D eigenvalue weighted by Crippen LogP contribution is -2.37. The molecule has 1 amide bonds. The van der Waals surface area contributed by atoms with Crippen LogP contribution in [0.15, 0.2) is 42.6 Å². The first-order valence-corrected chi connectivity index (χ1v) is 11.6. The molecule has 1 aromatic carbocycles. The summed E-state index contributed by atoms with van der Waals surface area (Å²) in [5.41, 5.74) is 1.34. The average Bonchev–Trinajstić information content (AvgIpc) is 2.84. The van der Waals surface area contributed by atoms with Gasteiger partial charge < -0.3 is 19.9 Å². The van der Waals surface area contributed by atoms with E-state index < -0.39 is 0 Å². The summed E-state index contributed by atoms with van der Waals surface area (Å²) in [7, 11) is 1.60. The van der Waals surface area contributed by atoms with Gasteiger partial charge in [-0.15, -0.1) is 0 Å². The van der Waals surface area contributed by atoms with Crippen LogP contribution >= 0.6 is 0 Å². The lowest BCUT2D eigenvalue weighted by molar-refractivity contribution is 0.102. The van der Waals surface area contributed by atoms with E-state index in [0.717, 1.165) is 30.5 Å². The summed E-state index contributed by atoms with van der Waals surface area (Å²) in [4.78, 5) is 22.4. The quantitative estimate of drug-likeness (QED) is 0.715. The van der Waals surface area contributed by atoms with E-state index in [1.165, 1.54) is 58.2 Å². The zero-order valence-electron chi connectivity index (χ0n) is 18.6. The van der Waals surface area contributed by atoms with Gasteiger partial charge in [-0.25, -0.2) is 4.98 Å². The highest BCUT2D eigenvalue weighted by Crippen LogP contribution is 2.29. The molecule has 6 nitrogen and oxygen atoms in total. The Morgan fingerprint density at radius 2 is 1.90 bits per heavy atom. The molecule has 0 spiro atoms. The second kappa shape index (κ2) is 10.6. The molecule has 0 atom stereocenters. The maximum atomic E-state index is 12.8. The molecule has 2 aliphatic rings. The van der Waals surface area contributed by atoms with Crippen molar-refractivity contribution in [1.29, 1.82) is 0 Å². The van der Waals surface area contributed by atoms with E-state index in [9.17, 15) is 4.79 Å². The molecule has 2 aromatic rings. The van der Waals surface area contributed by atoms with Crippen LogP contribution in [0.5, 0.6) is 5.75 Å². The van der Waals surface area contributed by atoms with Crippen molar-refractivity contribution in [3.63, 3.8) is 0 Å². The summed E-state index contributed by atoms with van der Waals surface area (Å²) in [6, 6.07) is 11.0. The van der Waals surface area contributed by atoms with Crippen LogP contribution < -0.4 is 15.0 Å². The van der Waals surface area contributed by atoms with Gasteiger partial charge in [-0.05, 0) is 88.0 Å². The number of piperidine rings is 2. The third-order valence-electron chi connectivity index (χ3n) is 6.58. The number of hydrogen-bond donors (Lipinski definition) is 1. The molecular weight excluding hydrogens is 388 g/mol. The molecule has 3 heterocycles. The molecule has 31 heavy (non-hydrogen) atoms. The van der Waals surface area contributed by atoms with Gasteiger partial charge in [0, 0.05) is 24.8 Å². The molecule has 1 N–H and O–H groups in total. The molecule has 0 radical (unpaired) electrons. The Labute approximate surface area is 185 Å². The zero-order valence-corrected chi connectivity index (χ0v) is 18.6. The van der Waals surface area contributed by atoms with E-state index in [4.69, 9.17) is 4.74 Å². The average molecular weight is 423 g/mol. The van der Waals surface area contributed by atoms with Crippen molar-refractivity contribution >= 4 is 17.4 Å². The standard InChI is InChI=1S/C25H34N4O2/c1-31-22-8-5-7-21(19-22)25(30)27-23-9-6-13-26-24(23)29-17-11-20(12-18-29)10-16-28-14-3-2-4-15-28/h5-9,13,19-20H,2-4,10-12,14-18H2,1H3,(H,27,30). The number of aromatic nitrogens is 1. The monoisotopic (exact) mass is 422 g/mol. The van der Waals surface area contributed by atoms with Gasteiger partial charge in [-0.3, -0.25) is 4.79 Å². The van der Waals surface area contributed by atoms with Crippen molar-refractivity contribution in [2.75, 3.05) is 50.1 Å². The van der Waals surface area contributed by atoms with Crippen LogP contribution in [0.4, 0.5) is 11.5 Å². The van der Waals surface area contributed by atoms with Gasteiger partial charge in [0.1, 0.15) is 5.75 Å². The minimum atomic E-state index is -0.149. The van der Waals surface area contributed by atoms with Crippen LogP contribution in [0.2, 0.25) is 0 Å². The molecule has 0 aliphatic carbocycles. The van der Waals surface area contributed by atoms with Gasteiger partial charge in [0.15, 0.2) is 5.82 Å². The predicted octanol–water partition coefficient (Wildman–Crippen LogP) is 4.43. The Morgan fingerprint density at radius 1 is 1.10 bits per heavy atom. The fourth-order valence-electron chi connectivity index (χ4n) is 4.69. The number of rotatable bonds is 7. The van der Waals surface area contributed by atoms with Crippen molar-refractivity contribution in [3.8, 4) is 5.75 Å². The van der Waals surface area contributed by atoms with Gasteiger partial charge >= 0.3 is 0 Å². The fourth-order valence-corrected chi connectivity index (χ4v) is 4.69. The summed E-state index contributed by atoms with van der Waals surface area (Å²) in [5, 5.41) is 3.05. The number of nitrogens with one attached hydrogen (secondary N) is 1. The third-order valence-corrected chi connectivity index (χ3v) is 6.58. The minimum Gasteiger partial charge on any atom is -0.497 e. The molecule has 1 aromatic heterocycles. The number of hydrogen-bond acceptors (Lipinski definition) is 5. The Bertz CT molecular complexity index is 858. The van der Waals surface area contributed by atoms with Crippen LogP contribution in [-0.4, -0.2) is 55.6 Å². The molecule has 0 saturated carbocycles. The number of carbonyl (C=O) groups is 1. The Morgan fingerprint density at radius 3 is 2.68 bits per heavy atom. The maximum absolute atomic E-state index is 12.8. The number of carbonyl (C=O) groups excluding carboxylic acids is 1. The lowest BCUT2D eigenvalue weighted by atomic mass is 9.93. The summed E-state index contributed by atoms with van der Waals surface area (Å²) in [5.74, 6) is 2.18. The van der Waals surface area contributed by atoms with E-state index in [2.05, 4.69) is 20.1 Å². The van der Waals surface area contributed by atoms with Crippen molar-refractivity contribution in [3.05, 3.63) is 48.2 Å². The molecule has 2 fully saturated rings. The summed E-state index contributed by atoms with van der Waals surface area (Å²) in [6.07, 6.45) is 9.61. The number of anilines is 2. The topological polar surface area (TPSA) is 57.7 Å². The second-order valence-corrected chi connectivity index (χ2v) is 8.68. The summed E-state index contributed by atoms with van der Waals surface area (Å²) >= 11 is 0. The van der Waals surface area contributed by atoms with E-state index >= 15 is 0 Å². The van der Waals surface area contributed by atoms with Crippen LogP contribution in [0, 0.1) is 5.92 Å². The van der Waals surface area contributed by atoms with E-state index in [0.29, 0.717) is 11.3 Å². The van der Waals surface area contributed by atoms with Gasteiger partial charge in [0.2, 0.25) is 0 Å². The SMILES string of the molecule is COc1cccc(C(=O)Nc2cccnc2N2CCC(CCN3CCCCC3)CC2)c1. The van der Waals surface area contributed by atoms with E-state index in [1.54, 1.807) is 25.4 Å². The Kier molecular flexibility index (Phi) is 7.41. The number of amides is 1. The van der Waals surface area contributed by atoms with Crippen LogP contribution in [0.3, 0.4) is 0 Å². The predicted molar refractivity (Wildman–Crippen MR) is 125 cm³/mol. The molecular formula is C25H34N4O2. The summed E-state index contributed by atoms with van der Waals surface area (Å²) in [6.45, 7) is 5.79. The number of benzene rings is 1. The van der Waals surface area contributed by atoms with Crippen LogP contribution in [0.25, 0.3) is 0 Å². The zero-order chi connectivity index (χ0) is 21.5. The van der Waals surface area contributed by atoms with E-state index in [1.807, 2.05) is 24.3 Å². The molecule has 4 rings (SSSR count). The van der Waals surface area contributed by atoms with Gasteiger partial charge in [-0.1, -0.05) is 12.5 Å². The molecule has 0 bridgehead atoms. The third kappa shape index (κ3) is 5.76. The highest BCUT2D eigenvalue weighted by molar-refractivity contribution is 6.05. The highest BCUT2D eigenvalue weighted by Gasteiger charge is 2.23. The molecule has 6 heteroatoms. The number of pyridine rings is 1. The molecule has 0 unspecified atom stereocenters. The largest absolute Gasteiger partial charge is 0.497 e. The van der Waals surface area contributed by atoms with Gasteiger partial charge in [0.25, 0.3) is 5.91 Å². The molecule has 2 aliphatic heterocycles. The maximum Gasteiger partial charge on any atom is 0.255 e. The van der Waals surface area contributed by atoms with Crippen molar-refractivity contribution in [2.45, 2.75) is 38.5 Å². The van der Waals surface area contributed by atoms with Crippen LogP contribution in [-0.2, 0) is 0 Å². The first-order valence-electron chi connectivity index (χ1n) is 11.6. The first kappa shape index (κ1) is 21.6. The normalized spacial score (nSPS) is 18.0. The number of likely N-dealkylation sites (tertiary alicyclic amines) is 1. The van der Waals surface area contributed by atoms with Crippen molar-refractivity contribution in [2.24, 2.45) is 5.92 Å². The van der Waals surface area contributed by atoms with Gasteiger partial charge in [0.05, 0.1) is 12.8 Å². The van der Waals surface area contributed by atoms with Crippen LogP contribution in [0.1, 0.15) is 48.9 Å². The smallest absolute Gasteiger partial charge is 0.255 e. The fraction of sp³-hybridized carbons (Fsp3) is 0.520. The minimum absolute atomic E-state index is 0.149. The van der Waals surface area contributed by atoms with E-state index in [-0.39, 0.29) is 5.91 Å². The summed E-state index contributed by atoms with van der Waals surface area (Å²) < 4.78 is 5.24. The number of ether oxygens (including phenoxy) is 1. The van der Waals surface area contributed by atoms with Gasteiger partial charge in [-0.2, -0.15) is 0 Å². The lowest BCUT2D eigenvalue weighted by Gasteiger charge is -2.35. The highest BCUT2D eigenvalue weighted by atomic mass is 16.5.